The number of hydrogen-bond donors (Lipinski definition) is 1. The molecule has 0 heterocycles. The summed E-state index contributed by atoms with van der Waals surface area (Å²) in [6, 6.07) is 5.43. The van der Waals surface area contributed by atoms with E-state index in [1.807, 2.05) is 0 Å². The first-order valence-electron chi connectivity index (χ1n) is 4.12. The zero-order chi connectivity index (χ0) is 11.5. The van der Waals surface area contributed by atoms with Crippen LogP contribution in [0.4, 0.5) is 4.39 Å². The maximum absolute atomic E-state index is 12.8. The molecule has 0 aliphatic rings. The summed E-state index contributed by atoms with van der Waals surface area (Å²) < 4.78 is 35.6. The van der Waals surface area contributed by atoms with E-state index in [9.17, 15) is 12.8 Å². The molecule has 0 aliphatic heterocycles. The Morgan fingerprint density at radius 2 is 2.13 bits per heavy atom. The van der Waals surface area contributed by atoms with Gasteiger partial charge in [-0.05, 0) is 17.7 Å². The van der Waals surface area contributed by atoms with Crippen LogP contribution in [-0.2, 0) is 15.6 Å². The molecule has 1 aromatic rings. The molecule has 2 N–H and O–H groups in total. The largest absolute Gasteiger partial charge is 0.392 e. The van der Waals surface area contributed by atoms with Crippen molar-refractivity contribution in [3.8, 4) is 0 Å². The summed E-state index contributed by atoms with van der Waals surface area (Å²) in [4.78, 5) is -0.0774. The van der Waals surface area contributed by atoms with Crippen LogP contribution in [0.15, 0.2) is 24.3 Å². The standard InChI is InChI=1S/C9H10FNO2S2/c10-8-3-1-2-7(4-8)5-15(12,13)6-9(11)14/h1-4H,5-6H2,(H2,11,14). The molecule has 0 saturated carbocycles. The third-order valence-corrected chi connectivity index (χ3v) is 3.49. The number of thiocarbonyl (C=S) groups is 1. The lowest BCUT2D eigenvalue weighted by Gasteiger charge is -2.03. The second-order valence-electron chi connectivity index (χ2n) is 3.13. The van der Waals surface area contributed by atoms with E-state index in [0.717, 1.165) is 0 Å². The second kappa shape index (κ2) is 4.67. The van der Waals surface area contributed by atoms with Crippen molar-refractivity contribution in [2.45, 2.75) is 5.75 Å². The van der Waals surface area contributed by atoms with Gasteiger partial charge in [-0.15, -0.1) is 0 Å². The van der Waals surface area contributed by atoms with Crippen LogP contribution in [0.2, 0.25) is 0 Å². The van der Waals surface area contributed by atoms with Crippen LogP contribution in [0.25, 0.3) is 0 Å². The molecule has 1 aromatic carbocycles. The van der Waals surface area contributed by atoms with E-state index in [2.05, 4.69) is 12.2 Å². The predicted octanol–water partition coefficient (Wildman–Crippen LogP) is 1.03. The van der Waals surface area contributed by atoms with E-state index in [1.165, 1.54) is 18.2 Å². The Kier molecular flexibility index (Phi) is 3.76. The summed E-state index contributed by atoms with van der Waals surface area (Å²) in [6.45, 7) is 0. The van der Waals surface area contributed by atoms with Gasteiger partial charge in [0, 0.05) is 0 Å². The van der Waals surface area contributed by atoms with Gasteiger partial charge < -0.3 is 5.73 Å². The highest BCUT2D eigenvalue weighted by Crippen LogP contribution is 2.08. The minimum absolute atomic E-state index is 0.0774. The minimum Gasteiger partial charge on any atom is -0.392 e. The highest BCUT2D eigenvalue weighted by Gasteiger charge is 2.13. The van der Waals surface area contributed by atoms with Crippen molar-refractivity contribution in [1.29, 1.82) is 0 Å². The van der Waals surface area contributed by atoms with Crippen LogP contribution in [-0.4, -0.2) is 19.2 Å². The Hall–Kier alpha value is -1.01. The number of nitrogens with two attached hydrogens (primary N) is 1. The Labute approximate surface area is 93.0 Å². The first kappa shape index (κ1) is 12.1. The van der Waals surface area contributed by atoms with E-state index < -0.39 is 15.7 Å². The minimum atomic E-state index is -3.38. The first-order valence-corrected chi connectivity index (χ1v) is 6.35. The van der Waals surface area contributed by atoms with Gasteiger partial charge in [-0.25, -0.2) is 12.8 Å². The molecular formula is C9H10FNO2S2. The topological polar surface area (TPSA) is 60.2 Å². The molecule has 15 heavy (non-hydrogen) atoms. The average molecular weight is 247 g/mol. The predicted molar refractivity (Wildman–Crippen MR) is 60.7 cm³/mol. The number of rotatable bonds is 4. The molecule has 3 nitrogen and oxygen atoms in total. The Bertz CT molecular complexity index is 471. The summed E-state index contributed by atoms with van der Waals surface area (Å²) in [5.41, 5.74) is 5.53. The van der Waals surface area contributed by atoms with Gasteiger partial charge in [-0.2, -0.15) is 0 Å². The average Bonchev–Trinajstić information content (AvgIpc) is 1.99. The van der Waals surface area contributed by atoms with E-state index in [0.29, 0.717) is 5.56 Å². The molecule has 1 rings (SSSR count). The lowest BCUT2D eigenvalue weighted by molar-refractivity contribution is 0.598. The fourth-order valence-electron chi connectivity index (χ4n) is 1.15. The van der Waals surface area contributed by atoms with Crippen LogP contribution in [0.1, 0.15) is 5.56 Å². The first-order chi connectivity index (χ1) is 6.89. The molecule has 0 aliphatic carbocycles. The summed E-state index contributed by atoms with van der Waals surface area (Å²) in [7, 11) is -3.38. The molecule has 0 unspecified atom stereocenters. The van der Waals surface area contributed by atoms with Crippen molar-refractivity contribution in [1.82, 2.24) is 0 Å². The normalized spacial score (nSPS) is 11.3. The summed E-state index contributed by atoms with van der Waals surface area (Å²) in [5, 5.41) is 0. The zero-order valence-corrected chi connectivity index (χ0v) is 9.44. The summed E-state index contributed by atoms with van der Waals surface area (Å²) >= 11 is 4.51. The van der Waals surface area contributed by atoms with Gasteiger partial charge >= 0.3 is 0 Å². The van der Waals surface area contributed by atoms with Crippen LogP contribution in [0.5, 0.6) is 0 Å². The van der Waals surface area contributed by atoms with Crippen molar-refractivity contribution in [2.75, 3.05) is 5.75 Å². The molecule has 6 heteroatoms. The Morgan fingerprint density at radius 3 is 2.67 bits per heavy atom. The van der Waals surface area contributed by atoms with Gasteiger partial charge in [0.05, 0.1) is 10.7 Å². The lowest BCUT2D eigenvalue weighted by Crippen LogP contribution is -2.22. The van der Waals surface area contributed by atoms with E-state index >= 15 is 0 Å². The van der Waals surface area contributed by atoms with Gasteiger partial charge in [0.15, 0.2) is 9.84 Å². The molecule has 82 valence electrons. The zero-order valence-electron chi connectivity index (χ0n) is 7.81. The van der Waals surface area contributed by atoms with Gasteiger partial charge in [-0.3, -0.25) is 0 Å². The van der Waals surface area contributed by atoms with Crippen molar-refractivity contribution < 1.29 is 12.8 Å². The molecule has 0 bridgehead atoms. The third kappa shape index (κ3) is 4.35. The van der Waals surface area contributed by atoms with Gasteiger partial charge in [0.1, 0.15) is 11.6 Å². The van der Waals surface area contributed by atoms with Gasteiger partial charge in [0.2, 0.25) is 0 Å². The van der Waals surface area contributed by atoms with E-state index in [-0.39, 0.29) is 16.5 Å². The SMILES string of the molecule is NC(=S)CS(=O)(=O)Cc1cccc(F)c1. The molecular weight excluding hydrogens is 237 g/mol. The number of halogens is 1. The van der Waals surface area contributed by atoms with Crippen molar-refractivity contribution in [3.63, 3.8) is 0 Å². The third-order valence-electron chi connectivity index (χ3n) is 1.64. The summed E-state index contributed by atoms with van der Waals surface area (Å²) in [5.74, 6) is -1.06. The molecule has 0 atom stereocenters. The molecule has 0 radical (unpaired) electrons. The molecule has 0 fully saturated rings. The van der Waals surface area contributed by atoms with Crippen molar-refractivity contribution >= 4 is 27.0 Å². The highest BCUT2D eigenvalue weighted by atomic mass is 32.2. The van der Waals surface area contributed by atoms with Crippen LogP contribution < -0.4 is 5.73 Å². The molecule has 0 spiro atoms. The second-order valence-corrected chi connectivity index (χ2v) is 5.72. The lowest BCUT2D eigenvalue weighted by atomic mass is 10.2. The van der Waals surface area contributed by atoms with Crippen LogP contribution in [0, 0.1) is 5.82 Å². The van der Waals surface area contributed by atoms with E-state index in [1.54, 1.807) is 6.07 Å². The fourth-order valence-corrected chi connectivity index (χ4v) is 2.91. The maximum Gasteiger partial charge on any atom is 0.160 e. The number of sulfone groups is 1. The molecule has 0 amide bonds. The van der Waals surface area contributed by atoms with E-state index in [4.69, 9.17) is 5.73 Å². The number of benzene rings is 1. The monoisotopic (exact) mass is 247 g/mol. The highest BCUT2D eigenvalue weighted by molar-refractivity contribution is 7.93. The summed E-state index contributed by atoms with van der Waals surface area (Å²) in [6.07, 6.45) is 0. The van der Waals surface area contributed by atoms with Gasteiger partial charge in [0.25, 0.3) is 0 Å². The quantitative estimate of drug-likeness (QED) is 0.807. The smallest absolute Gasteiger partial charge is 0.160 e. The Morgan fingerprint density at radius 1 is 1.47 bits per heavy atom. The molecule has 0 aromatic heterocycles. The van der Waals surface area contributed by atoms with Crippen molar-refractivity contribution in [2.24, 2.45) is 5.73 Å². The van der Waals surface area contributed by atoms with Crippen LogP contribution in [0.3, 0.4) is 0 Å². The van der Waals surface area contributed by atoms with Gasteiger partial charge in [-0.1, -0.05) is 24.4 Å². The van der Waals surface area contributed by atoms with Crippen LogP contribution >= 0.6 is 12.2 Å². The Balaban J connectivity index is 2.82. The number of hydrogen-bond acceptors (Lipinski definition) is 3. The molecule has 0 saturated heterocycles. The van der Waals surface area contributed by atoms with Crippen molar-refractivity contribution in [3.05, 3.63) is 35.6 Å². The fraction of sp³-hybridized carbons (Fsp3) is 0.222. The maximum atomic E-state index is 12.8.